The highest BCUT2D eigenvalue weighted by Gasteiger charge is 2.17. The number of rotatable bonds is 3. The molecule has 0 saturated carbocycles. The highest BCUT2D eigenvalue weighted by Crippen LogP contribution is 2.15. The third-order valence-corrected chi connectivity index (χ3v) is 2.90. The van der Waals surface area contributed by atoms with Crippen LogP contribution in [0.3, 0.4) is 0 Å². The first-order valence-corrected chi connectivity index (χ1v) is 5.66. The molecule has 1 unspecified atom stereocenters. The summed E-state index contributed by atoms with van der Waals surface area (Å²) in [5, 5.41) is 5.15. The van der Waals surface area contributed by atoms with Crippen LogP contribution in [0.5, 0.6) is 0 Å². The Morgan fingerprint density at radius 1 is 1.38 bits per heavy atom. The number of hydrogen-bond donors (Lipinski definition) is 2. The van der Waals surface area contributed by atoms with E-state index in [9.17, 15) is 4.79 Å². The van der Waals surface area contributed by atoms with Gasteiger partial charge in [0.2, 0.25) is 5.91 Å². The predicted octanol–water partition coefficient (Wildman–Crippen LogP) is 1.78. The Labute approximate surface area is 97.1 Å². The molecule has 1 aromatic carbocycles. The normalized spacial score (nSPS) is 12.1. The van der Waals surface area contributed by atoms with Gasteiger partial charge in [-0.15, -0.1) is 11.3 Å². The van der Waals surface area contributed by atoms with Crippen LogP contribution >= 0.6 is 11.3 Å². The number of benzene rings is 1. The van der Waals surface area contributed by atoms with Gasteiger partial charge in [-0.1, -0.05) is 18.2 Å². The summed E-state index contributed by atoms with van der Waals surface area (Å²) in [6.45, 7) is 0. The molecule has 0 aliphatic heterocycles. The Bertz CT molecular complexity index is 455. The molecule has 16 heavy (non-hydrogen) atoms. The first-order valence-electron chi connectivity index (χ1n) is 4.78. The molecule has 0 aliphatic rings. The minimum absolute atomic E-state index is 0.249. The predicted molar refractivity (Wildman–Crippen MR) is 64.1 cm³/mol. The van der Waals surface area contributed by atoms with E-state index in [-0.39, 0.29) is 5.91 Å². The van der Waals surface area contributed by atoms with Crippen LogP contribution in [0.2, 0.25) is 0 Å². The van der Waals surface area contributed by atoms with Crippen LogP contribution in [-0.4, -0.2) is 10.9 Å². The molecule has 2 aromatic rings. The quantitative estimate of drug-likeness (QED) is 0.849. The fourth-order valence-corrected chi connectivity index (χ4v) is 1.88. The second-order valence-electron chi connectivity index (χ2n) is 3.20. The van der Waals surface area contributed by atoms with Crippen molar-refractivity contribution in [3.8, 4) is 0 Å². The van der Waals surface area contributed by atoms with E-state index in [1.54, 1.807) is 11.6 Å². The van der Waals surface area contributed by atoms with E-state index in [2.05, 4.69) is 10.3 Å². The van der Waals surface area contributed by atoms with Crippen LogP contribution in [0.15, 0.2) is 41.9 Å². The molecule has 4 nitrogen and oxygen atoms in total. The molecule has 1 amide bonds. The number of hydrogen-bond acceptors (Lipinski definition) is 4. The van der Waals surface area contributed by atoms with E-state index in [1.807, 2.05) is 30.3 Å². The summed E-state index contributed by atoms with van der Waals surface area (Å²) in [5.74, 6) is -0.249. The molecule has 0 saturated heterocycles. The number of nitrogens with zero attached hydrogens (tertiary/aromatic N) is 1. The van der Waals surface area contributed by atoms with E-state index >= 15 is 0 Å². The zero-order valence-electron chi connectivity index (χ0n) is 8.46. The molecule has 0 aliphatic carbocycles. The molecule has 82 valence electrons. The van der Waals surface area contributed by atoms with Crippen molar-refractivity contribution in [2.24, 2.45) is 5.73 Å². The lowest BCUT2D eigenvalue weighted by Gasteiger charge is -2.09. The number of nitrogens with one attached hydrogen (secondary N) is 1. The highest BCUT2D eigenvalue weighted by atomic mass is 32.1. The average molecular weight is 233 g/mol. The van der Waals surface area contributed by atoms with Gasteiger partial charge in [-0.2, -0.15) is 0 Å². The SMILES string of the molecule is NC(C(=O)Nc1ccccc1)c1nccs1. The number of nitrogens with two attached hydrogens (primary N) is 1. The zero-order chi connectivity index (χ0) is 11.4. The number of aromatic nitrogens is 1. The molecule has 0 fully saturated rings. The maximum Gasteiger partial charge on any atom is 0.248 e. The molecule has 2 rings (SSSR count). The smallest absolute Gasteiger partial charge is 0.248 e. The van der Waals surface area contributed by atoms with Gasteiger partial charge in [-0.25, -0.2) is 4.98 Å². The summed E-state index contributed by atoms with van der Waals surface area (Å²) in [6.07, 6.45) is 1.63. The van der Waals surface area contributed by atoms with Crippen molar-refractivity contribution in [2.75, 3.05) is 5.32 Å². The Hall–Kier alpha value is -1.72. The second kappa shape index (κ2) is 4.87. The average Bonchev–Trinajstić information content (AvgIpc) is 2.83. The van der Waals surface area contributed by atoms with Gasteiger partial charge in [-0.3, -0.25) is 4.79 Å². The Morgan fingerprint density at radius 2 is 2.12 bits per heavy atom. The molecule has 0 bridgehead atoms. The van der Waals surface area contributed by atoms with Crippen LogP contribution in [0.4, 0.5) is 5.69 Å². The van der Waals surface area contributed by atoms with Gasteiger partial charge < -0.3 is 11.1 Å². The maximum atomic E-state index is 11.7. The van der Waals surface area contributed by atoms with Crippen molar-refractivity contribution in [3.05, 3.63) is 46.9 Å². The molecule has 1 heterocycles. The summed E-state index contributed by atoms with van der Waals surface area (Å²) >= 11 is 1.37. The number of carbonyl (C=O) groups is 1. The standard InChI is InChI=1S/C11H11N3OS/c12-9(11-13-6-7-16-11)10(15)14-8-4-2-1-3-5-8/h1-7,9H,12H2,(H,14,15). The largest absolute Gasteiger partial charge is 0.324 e. The van der Waals surface area contributed by atoms with Crippen LogP contribution in [0, 0.1) is 0 Å². The van der Waals surface area contributed by atoms with Crippen LogP contribution < -0.4 is 11.1 Å². The van der Waals surface area contributed by atoms with E-state index in [1.165, 1.54) is 11.3 Å². The van der Waals surface area contributed by atoms with Gasteiger partial charge in [-0.05, 0) is 12.1 Å². The van der Waals surface area contributed by atoms with Crippen molar-refractivity contribution < 1.29 is 4.79 Å². The Morgan fingerprint density at radius 3 is 2.75 bits per heavy atom. The molecule has 1 atom stereocenters. The zero-order valence-corrected chi connectivity index (χ0v) is 9.28. The molecular weight excluding hydrogens is 222 g/mol. The summed E-state index contributed by atoms with van der Waals surface area (Å²) in [5.41, 5.74) is 6.50. The monoisotopic (exact) mass is 233 g/mol. The van der Waals surface area contributed by atoms with Gasteiger partial charge in [0.05, 0.1) is 0 Å². The summed E-state index contributed by atoms with van der Waals surface area (Å²) in [6, 6.07) is 8.50. The van der Waals surface area contributed by atoms with Crippen molar-refractivity contribution >= 4 is 22.9 Å². The van der Waals surface area contributed by atoms with Crippen molar-refractivity contribution in [1.82, 2.24) is 4.98 Å². The lowest BCUT2D eigenvalue weighted by Crippen LogP contribution is -2.27. The van der Waals surface area contributed by atoms with Crippen molar-refractivity contribution in [1.29, 1.82) is 0 Å². The Balaban J connectivity index is 2.04. The van der Waals surface area contributed by atoms with Gasteiger partial charge in [0.1, 0.15) is 11.0 Å². The minimum atomic E-state index is -0.708. The third-order valence-electron chi connectivity index (χ3n) is 2.04. The molecule has 0 radical (unpaired) electrons. The van der Waals surface area contributed by atoms with Gasteiger partial charge in [0.15, 0.2) is 0 Å². The fraction of sp³-hybridized carbons (Fsp3) is 0.0909. The summed E-state index contributed by atoms with van der Waals surface area (Å²) < 4.78 is 0. The van der Waals surface area contributed by atoms with Gasteiger partial charge >= 0.3 is 0 Å². The Kier molecular flexibility index (Phi) is 3.28. The number of para-hydroxylation sites is 1. The van der Waals surface area contributed by atoms with E-state index in [0.29, 0.717) is 5.01 Å². The number of anilines is 1. The first-order chi connectivity index (χ1) is 7.77. The maximum absolute atomic E-state index is 11.7. The first kappa shape index (κ1) is 10.8. The molecule has 1 aromatic heterocycles. The number of amides is 1. The van der Waals surface area contributed by atoms with Crippen LogP contribution in [0.25, 0.3) is 0 Å². The van der Waals surface area contributed by atoms with Gasteiger partial charge in [0, 0.05) is 17.3 Å². The molecule has 0 spiro atoms. The number of carbonyl (C=O) groups excluding carboxylic acids is 1. The molecule has 5 heteroatoms. The second-order valence-corrected chi connectivity index (χ2v) is 4.13. The van der Waals surface area contributed by atoms with Crippen molar-refractivity contribution in [2.45, 2.75) is 6.04 Å². The molecular formula is C11H11N3OS. The lowest BCUT2D eigenvalue weighted by atomic mass is 10.2. The van der Waals surface area contributed by atoms with Gasteiger partial charge in [0.25, 0.3) is 0 Å². The van der Waals surface area contributed by atoms with E-state index < -0.39 is 6.04 Å². The van der Waals surface area contributed by atoms with Crippen LogP contribution in [-0.2, 0) is 4.79 Å². The summed E-state index contributed by atoms with van der Waals surface area (Å²) in [4.78, 5) is 15.8. The number of thiazole rings is 1. The third kappa shape index (κ3) is 2.44. The molecule has 3 N–H and O–H groups in total. The fourth-order valence-electron chi connectivity index (χ4n) is 1.24. The van der Waals surface area contributed by atoms with E-state index in [4.69, 9.17) is 5.73 Å². The highest BCUT2D eigenvalue weighted by molar-refractivity contribution is 7.09. The topological polar surface area (TPSA) is 68.0 Å². The summed E-state index contributed by atoms with van der Waals surface area (Å²) in [7, 11) is 0. The lowest BCUT2D eigenvalue weighted by molar-refractivity contribution is -0.117. The van der Waals surface area contributed by atoms with Crippen LogP contribution in [0.1, 0.15) is 11.0 Å². The van der Waals surface area contributed by atoms with Crippen molar-refractivity contribution in [3.63, 3.8) is 0 Å². The minimum Gasteiger partial charge on any atom is -0.324 e. The van der Waals surface area contributed by atoms with E-state index in [0.717, 1.165) is 5.69 Å².